The van der Waals surface area contributed by atoms with Crippen LogP contribution in [0, 0.1) is 11.6 Å². The number of nitrogens with zero attached hydrogens (tertiary/aromatic N) is 3. The van der Waals surface area contributed by atoms with Crippen LogP contribution in [0.15, 0.2) is 35.4 Å². The van der Waals surface area contributed by atoms with Gasteiger partial charge in [-0.05, 0) is 18.2 Å². The Labute approximate surface area is 143 Å². The number of anilines is 1. The summed E-state index contributed by atoms with van der Waals surface area (Å²) >= 11 is 0. The maximum atomic E-state index is 13.2. The van der Waals surface area contributed by atoms with Crippen molar-refractivity contribution in [3.8, 4) is 0 Å². The highest BCUT2D eigenvalue weighted by molar-refractivity contribution is 7.89. The third kappa shape index (κ3) is 4.47. The number of ether oxygens (including phenoxy) is 1. The molecule has 1 aliphatic rings. The smallest absolute Gasteiger partial charge is 0.241 e. The van der Waals surface area contributed by atoms with Crippen LogP contribution in [0.2, 0.25) is 0 Å². The minimum atomic E-state index is -4.07. The average molecular weight is 370 g/mol. The second-order valence-electron chi connectivity index (χ2n) is 5.38. The Morgan fingerprint density at radius 3 is 2.52 bits per heavy atom. The molecule has 1 N–H and O–H groups in total. The summed E-state index contributed by atoms with van der Waals surface area (Å²) in [7, 11) is -4.07. The van der Waals surface area contributed by atoms with Crippen LogP contribution in [0.4, 0.5) is 14.7 Å². The van der Waals surface area contributed by atoms with Gasteiger partial charge in [-0.3, -0.25) is 0 Å². The van der Waals surface area contributed by atoms with Gasteiger partial charge in [0, 0.05) is 25.4 Å². The van der Waals surface area contributed by atoms with Crippen molar-refractivity contribution in [3.63, 3.8) is 0 Å². The Morgan fingerprint density at radius 2 is 1.84 bits per heavy atom. The van der Waals surface area contributed by atoms with Crippen LogP contribution < -0.4 is 9.62 Å². The maximum Gasteiger partial charge on any atom is 0.241 e. The molecule has 1 fully saturated rings. The van der Waals surface area contributed by atoms with E-state index in [9.17, 15) is 17.2 Å². The van der Waals surface area contributed by atoms with E-state index in [-0.39, 0.29) is 6.54 Å². The predicted molar refractivity (Wildman–Crippen MR) is 85.4 cm³/mol. The van der Waals surface area contributed by atoms with E-state index in [4.69, 9.17) is 4.74 Å². The van der Waals surface area contributed by atoms with E-state index in [1.54, 1.807) is 6.07 Å². The van der Waals surface area contributed by atoms with Gasteiger partial charge in [-0.2, -0.15) is 0 Å². The minimum Gasteiger partial charge on any atom is -0.378 e. The first-order valence-electron chi connectivity index (χ1n) is 7.54. The molecule has 0 saturated carbocycles. The molecule has 10 heteroatoms. The summed E-state index contributed by atoms with van der Waals surface area (Å²) in [4.78, 5) is 9.94. The highest BCUT2D eigenvalue weighted by atomic mass is 32.2. The van der Waals surface area contributed by atoms with Crippen LogP contribution in [0.5, 0.6) is 0 Å². The number of benzene rings is 1. The van der Waals surface area contributed by atoms with Crippen molar-refractivity contribution in [2.45, 2.75) is 11.4 Å². The van der Waals surface area contributed by atoms with Gasteiger partial charge in [0.25, 0.3) is 0 Å². The first kappa shape index (κ1) is 17.6. The van der Waals surface area contributed by atoms with E-state index in [0.717, 1.165) is 12.1 Å². The fraction of sp³-hybridized carbons (Fsp3) is 0.333. The molecule has 0 radical (unpaired) electrons. The van der Waals surface area contributed by atoms with Gasteiger partial charge in [-0.1, -0.05) is 0 Å². The number of rotatable bonds is 5. The third-order valence-corrected chi connectivity index (χ3v) is 4.96. The quantitative estimate of drug-likeness (QED) is 0.848. The monoisotopic (exact) mass is 370 g/mol. The Balaban J connectivity index is 1.72. The van der Waals surface area contributed by atoms with E-state index < -0.39 is 26.6 Å². The highest BCUT2D eigenvalue weighted by Crippen LogP contribution is 2.14. The topological polar surface area (TPSA) is 84.4 Å². The molecule has 0 amide bonds. The van der Waals surface area contributed by atoms with E-state index in [0.29, 0.717) is 44.0 Å². The lowest BCUT2D eigenvalue weighted by molar-refractivity contribution is 0.122. The van der Waals surface area contributed by atoms with Gasteiger partial charge < -0.3 is 9.64 Å². The van der Waals surface area contributed by atoms with E-state index >= 15 is 0 Å². The molecule has 3 rings (SSSR count). The lowest BCUT2D eigenvalue weighted by atomic mass is 10.3. The maximum absolute atomic E-state index is 13.2. The zero-order chi connectivity index (χ0) is 17.9. The predicted octanol–water partition coefficient (Wildman–Crippen LogP) is 1.07. The zero-order valence-corrected chi connectivity index (χ0v) is 14.0. The molecule has 0 bridgehead atoms. The molecule has 0 unspecified atom stereocenters. The molecule has 1 aliphatic heterocycles. The van der Waals surface area contributed by atoms with Crippen molar-refractivity contribution in [3.05, 3.63) is 47.8 Å². The normalized spacial score (nSPS) is 15.4. The van der Waals surface area contributed by atoms with Crippen molar-refractivity contribution in [1.29, 1.82) is 0 Å². The summed E-state index contributed by atoms with van der Waals surface area (Å²) < 4.78 is 58.3. The zero-order valence-electron chi connectivity index (χ0n) is 13.2. The molecule has 2 heterocycles. The van der Waals surface area contributed by atoms with Crippen molar-refractivity contribution in [2.24, 2.45) is 0 Å². The van der Waals surface area contributed by atoms with E-state index in [1.807, 2.05) is 4.90 Å². The van der Waals surface area contributed by atoms with Gasteiger partial charge >= 0.3 is 0 Å². The van der Waals surface area contributed by atoms with Crippen LogP contribution in [0.25, 0.3) is 0 Å². The van der Waals surface area contributed by atoms with Crippen molar-refractivity contribution >= 4 is 16.0 Å². The van der Waals surface area contributed by atoms with E-state index in [2.05, 4.69) is 14.7 Å². The fourth-order valence-electron chi connectivity index (χ4n) is 2.33. The van der Waals surface area contributed by atoms with Crippen LogP contribution >= 0.6 is 0 Å². The van der Waals surface area contributed by atoms with Gasteiger partial charge in [-0.25, -0.2) is 31.9 Å². The van der Waals surface area contributed by atoms with Gasteiger partial charge in [-0.15, -0.1) is 0 Å². The number of morpholine rings is 1. The molecule has 1 aromatic carbocycles. The van der Waals surface area contributed by atoms with Gasteiger partial charge in [0.1, 0.15) is 11.6 Å². The van der Waals surface area contributed by atoms with Crippen LogP contribution in [-0.2, 0) is 21.3 Å². The summed E-state index contributed by atoms with van der Waals surface area (Å²) in [6, 6.07) is 3.69. The van der Waals surface area contributed by atoms with Crippen LogP contribution in [-0.4, -0.2) is 44.7 Å². The number of hydrogen-bond donors (Lipinski definition) is 1. The third-order valence-electron chi connectivity index (χ3n) is 3.58. The largest absolute Gasteiger partial charge is 0.378 e. The lowest BCUT2D eigenvalue weighted by Crippen LogP contribution is -2.37. The van der Waals surface area contributed by atoms with E-state index in [1.165, 1.54) is 6.20 Å². The Hall–Kier alpha value is -2.17. The Morgan fingerprint density at radius 1 is 1.16 bits per heavy atom. The Bertz CT molecular complexity index is 837. The summed E-state index contributed by atoms with van der Waals surface area (Å²) in [5, 5.41) is 0. The lowest BCUT2D eigenvalue weighted by Gasteiger charge is -2.26. The first-order valence-corrected chi connectivity index (χ1v) is 9.03. The number of halogens is 2. The summed E-state index contributed by atoms with van der Waals surface area (Å²) in [6.45, 7) is 2.33. The van der Waals surface area contributed by atoms with Gasteiger partial charge in [0.15, 0.2) is 0 Å². The molecule has 0 atom stereocenters. The Kier molecular flexibility index (Phi) is 5.21. The van der Waals surface area contributed by atoms with Crippen molar-refractivity contribution in [1.82, 2.24) is 14.7 Å². The molecule has 7 nitrogen and oxygen atoms in total. The average Bonchev–Trinajstić information content (AvgIpc) is 2.60. The molecule has 1 aromatic heterocycles. The van der Waals surface area contributed by atoms with Crippen LogP contribution in [0.3, 0.4) is 0 Å². The first-order chi connectivity index (χ1) is 11.9. The number of aromatic nitrogens is 2. The summed E-state index contributed by atoms with van der Waals surface area (Å²) in [5.41, 5.74) is 0.442. The van der Waals surface area contributed by atoms with Crippen molar-refractivity contribution < 1.29 is 21.9 Å². The summed E-state index contributed by atoms with van der Waals surface area (Å²) in [5.74, 6) is -1.44. The molecular formula is C15H16F2N4O3S. The summed E-state index contributed by atoms with van der Waals surface area (Å²) in [6.07, 6.45) is 1.53. The second-order valence-corrected chi connectivity index (χ2v) is 7.14. The molecular weight excluding hydrogens is 354 g/mol. The molecule has 25 heavy (non-hydrogen) atoms. The standard InChI is InChI=1S/C15H16F2N4O3S/c16-11-7-12(17)9-14(8-11)25(22,23)19-10-13-1-2-18-15(20-13)21-3-5-24-6-4-21/h1-2,7-9,19H,3-6,10H2. The molecule has 134 valence electrons. The number of nitrogens with one attached hydrogen (secondary N) is 1. The van der Waals surface area contributed by atoms with Crippen LogP contribution in [0.1, 0.15) is 5.69 Å². The molecule has 1 saturated heterocycles. The number of hydrogen-bond acceptors (Lipinski definition) is 6. The molecule has 2 aromatic rings. The van der Waals surface area contributed by atoms with Gasteiger partial charge in [0.2, 0.25) is 16.0 Å². The fourth-order valence-corrected chi connectivity index (χ4v) is 3.37. The minimum absolute atomic E-state index is 0.125. The van der Waals surface area contributed by atoms with Gasteiger partial charge in [0.05, 0.1) is 30.3 Å². The second kappa shape index (κ2) is 7.38. The highest BCUT2D eigenvalue weighted by Gasteiger charge is 2.18. The van der Waals surface area contributed by atoms with Crippen molar-refractivity contribution in [2.75, 3.05) is 31.2 Å². The molecule has 0 aliphatic carbocycles. The SMILES string of the molecule is O=S(=O)(NCc1ccnc(N2CCOCC2)n1)c1cc(F)cc(F)c1. The molecule has 0 spiro atoms. The number of sulfonamides is 1.